The summed E-state index contributed by atoms with van der Waals surface area (Å²) >= 11 is 0. The summed E-state index contributed by atoms with van der Waals surface area (Å²) in [6.45, 7) is 1.85. The van der Waals surface area contributed by atoms with Crippen molar-refractivity contribution < 1.29 is 9.53 Å². The number of carbonyl (C=O) groups is 1. The fourth-order valence-corrected chi connectivity index (χ4v) is 1.27. The predicted octanol–water partition coefficient (Wildman–Crippen LogP) is 1.36. The van der Waals surface area contributed by atoms with Crippen LogP contribution in [0.3, 0.4) is 0 Å². The van der Waals surface area contributed by atoms with Crippen LogP contribution in [0.25, 0.3) is 0 Å². The number of aryl methyl sites for hydroxylation is 1. The second kappa shape index (κ2) is 5.20. The second-order valence-corrected chi connectivity index (χ2v) is 3.53. The molecule has 0 fully saturated rings. The number of nitrogens with zero attached hydrogens (tertiary/aromatic N) is 1. The lowest BCUT2D eigenvalue weighted by Gasteiger charge is -2.18. The Morgan fingerprint density at radius 1 is 1.53 bits per heavy atom. The number of hydrogen-bond acceptors (Lipinski definition) is 3. The van der Waals surface area contributed by atoms with E-state index < -0.39 is 6.03 Å². The summed E-state index contributed by atoms with van der Waals surface area (Å²) in [6.07, 6.45) is 0. The third kappa shape index (κ3) is 2.87. The average molecular weight is 236 g/mol. The predicted molar refractivity (Wildman–Crippen MR) is 66.4 cm³/mol. The molecule has 1 rings (SSSR count). The maximum atomic E-state index is 11.7. The zero-order valence-electron chi connectivity index (χ0n) is 10.1. The minimum Gasteiger partial charge on any atom is -0.495 e. The molecule has 0 saturated heterocycles. The first-order valence-electron chi connectivity index (χ1n) is 4.99. The third-order valence-corrected chi connectivity index (χ3v) is 2.35. The first kappa shape index (κ1) is 12.8. The smallest absolute Gasteiger partial charge is 0.328 e. The van der Waals surface area contributed by atoms with Crippen LogP contribution in [0.1, 0.15) is 5.56 Å². The van der Waals surface area contributed by atoms with Gasteiger partial charge in [0, 0.05) is 7.05 Å². The fourth-order valence-electron chi connectivity index (χ4n) is 1.27. The largest absolute Gasteiger partial charge is 0.495 e. The molecule has 0 spiro atoms. The number of hydrogen-bond donors (Lipinski definition) is 3. The number of carbonyl (C=O) groups excluding carboxylic acids is 1. The van der Waals surface area contributed by atoms with Crippen molar-refractivity contribution in [3.05, 3.63) is 23.8 Å². The monoisotopic (exact) mass is 236 g/mol. The van der Waals surface area contributed by atoms with Gasteiger partial charge in [0.15, 0.2) is 5.96 Å². The van der Waals surface area contributed by atoms with Crippen LogP contribution in [0.5, 0.6) is 5.75 Å². The van der Waals surface area contributed by atoms with Crippen LogP contribution in [0.15, 0.2) is 18.2 Å². The lowest BCUT2D eigenvalue weighted by Crippen LogP contribution is -2.40. The van der Waals surface area contributed by atoms with Gasteiger partial charge in [-0.3, -0.25) is 10.3 Å². The molecule has 0 saturated carbocycles. The molecule has 6 heteroatoms. The Hall–Kier alpha value is -2.24. The summed E-state index contributed by atoms with van der Waals surface area (Å²) in [5.74, 6) is 0.241. The lowest BCUT2D eigenvalue weighted by molar-refractivity contribution is 0.238. The highest BCUT2D eigenvalue weighted by molar-refractivity contribution is 6.01. The van der Waals surface area contributed by atoms with Gasteiger partial charge in [0.2, 0.25) is 0 Å². The number of ether oxygens (including phenoxy) is 1. The zero-order valence-corrected chi connectivity index (χ0v) is 10.1. The van der Waals surface area contributed by atoms with Crippen molar-refractivity contribution in [1.82, 2.24) is 4.90 Å². The molecule has 0 radical (unpaired) electrons. The number of anilines is 1. The van der Waals surface area contributed by atoms with Gasteiger partial charge >= 0.3 is 6.03 Å². The van der Waals surface area contributed by atoms with Crippen LogP contribution in [-0.4, -0.2) is 31.0 Å². The van der Waals surface area contributed by atoms with Gasteiger partial charge in [-0.15, -0.1) is 0 Å². The number of urea groups is 1. The normalized spacial score (nSPS) is 9.59. The first-order valence-corrected chi connectivity index (χ1v) is 4.99. The number of rotatable bonds is 2. The van der Waals surface area contributed by atoms with E-state index in [1.165, 1.54) is 14.2 Å². The Morgan fingerprint density at radius 3 is 2.71 bits per heavy atom. The Bertz CT molecular complexity index is 445. The summed E-state index contributed by atoms with van der Waals surface area (Å²) in [5.41, 5.74) is 6.66. The molecule has 0 unspecified atom stereocenters. The lowest BCUT2D eigenvalue weighted by atomic mass is 10.2. The first-order chi connectivity index (χ1) is 7.97. The van der Waals surface area contributed by atoms with E-state index in [2.05, 4.69) is 5.32 Å². The van der Waals surface area contributed by atoms with E-state index in [4.69, 9.17) is 15.9 Å². The summed E-state index contributed by atoms with van der Waals surface area (Å²) in [5, 5.41) is 9.81. The SMILES string of the molecule is COc1cccc(C)c1NC(=O)N(C)C(=N)N. The van der Waals surface area contributed by atoms with Crippen LogP contribution < -0.4 is 15.8 Å². The van der Waals surface area contributed by atoms with Crippen LogP contribution in [0.2, 0.25) is 0 Å². The van der Waals surface area contributed by atoms with Crippen molar-refractivity contribution in [2.24, 2.45) is 5.73 Å². The molecule has 1 aromatic carbocycles. The maximum absolute atomic E-state index is 11.7. The molecule has 4 N–H and O–H groups in total. The summed E-state index contributed by atoms with van der Waals surface area (Å²) in [4.78, 5) is 12.7. The number of amides is 2. The third-order valence-electron chi connectivity index (χ3n) is 2.35. The number of nitrogens with two attached hydrogens (primary N) is 1. The van der Waals surface area contributed by atoms with Gasteiger partial charge in [-0.25, -0.2) is 4.79 Å². The summed E-state index contributed by atoms with van der Waals surface area (Å²) in [6, 6.07) is 4.95. The topological polar surface area (TPSA) is 91.4 Å². The molecule has 92 valence electrons. The van der Waals surface area contributed by atoms with Crippen LogP contribution in [0, 0.1) is 12.3 Å². The van der Waals surface area contributed by atoms with E-state index in [1.807, 2.05) is 19.1 Å². The van der Waals surface area contributed by atoms with Crippen molar-refractivity contribution >= 4 is 17.7 Å². The van der Waals surface area contributed by atoms with E-state index in [0.29, 0.717) is 11.4 Å². The molecule has 1 aromatic rings. The fraction of sp³-hybridized carbons (Fsp3) is 0.273. The molecule has 0 aromatic heterocycles. The molecule has 0 atom stereocenters. The van der Waals surface area contributed by atoms with E-state index in [0.717, 1.165) is 10.5 Å². The number of benzene rings is 1. The van der Waals surface area contributed by atoms with Crippen LogP contribution in [0.4, 0.5) is 10.5 Å². The molecular formula is C11H16N4O2. The van der Waals surface area contributed by atoms with Gasteiger partial charge in [0.1, 0.15) is 5.75 Å². The van der Waals surface area contributed by atoms with Crippen molar-refractivity contribution in [3.63, 3.8) is 0 Å². The number of guanidine groups is 1. The van der Waals surface area contributed by atoms with Crippen molar-refractivity contribution in [2.45, 2.75) is 6.92 Å². The van der Waals surface area contributed by atoms with E-state index >= 15 is 0 Å². The van der Waals surface area contributed by atoms with Crippen molar-refractivity contribution in [3.8, 4) is 5.75 Å². The molecule has 0 aliphatic rings. The molecule has 0 bridgehead atoms. The average Bonchev–Trinajstić information content (AvgIpc) is 2.30. The van der Waals surface area contributed by atoms with Crippen LogP contribution >= 0.6 is 0 Å². The number of nitrogens with one attached hydrogen (secondary N) is 2. The zero-order chi connectivity index (χ0) is 13.0. The highest BCUT2D eigenvalue weighted by Gasteiger charge is 2.14. The second-order valence-electron chi connectivity index (χ2n) is 3.53. The highest BCUT2D eigenvalue weighted by atomic mass is 16.5. The Balaban J connectivity index is 2.95. The Labute approximate surface area is 99.9 Å². The summed E-state index contributed by atoms with van der Waals surface area (Å²) < 4.78 is 5.15. The highest BCUT2D eigenvalue weighted by Crippen LogP contribution is 2.27. The molecule has 2 amide bonds. The van der Waals surface area contributed by atoms with Gasteiger partial charge in [0.25, 0.3) is 0 Å². The van der Waals surface area contributed by atoms with Gasteiger partial charge in [-0.1, -0.05) is 12.1 Å². The molecule has 17 heavy (non-hydrogen) atoms. The van der Waals surface area contributed by atoms with Gasteiger partial charge in [-0.05, 0) is 18.6 Å². The Morgan fingerprint density at radius 2 is 2.18 bits per heavy atom. The van der Waals surface area contributed by atoms with Gasteiger partial charge < -0.3 is 15.8 Å². The van der Waals surface area contributed by atoms with Crippen LogP contribution in [-0.2, 0) is 0 Å². The molecular weight excluding hydrogens is 220 g/mol. The van der Waals surface area contributed by atoms with Gasteiger partial charge in [-0.2, -0.15) is 0 Å². The molecule has 0 aliphatic carbocycles. The molecule has 6 nitrogen and oxygen atoms in total. The quantitative estimate of drug-likeness (QED) is 0.534. The molecule has 0 heterocycles. The standard InChI is InChI=1S/C11H16N4O2/c1-7-5-4-6-8(17-3)9(7)14-11(16)15(2)10(12)13/h4-6H,1-3H3,(H3,12,13)(H,14,16). The maximum Gasteiger partial charge on any atom is 0.328 e. The van der Waals surface area contributed by atoms with E-state index in [9.17, 15) is 4.79 Å². The number of methoxy groups -OCH3 is 1. The van der Waals surface area contributed by atoms with Gasteiger partial charge in [0.05, 0.1) is 12.8 Å². The van der Waals surface area contributed by atoms with Crippen molar-refractivity contribution in [1.29, 1.82) is 5.41 Å². The number of para-hydroxylation sites is 1. The minimum absolute atomic E-state index is 0.324. The summed E-state index contributed by atoms with van der Waals surface area (Å²) in [7, 11) is 2.95. The van der Waals surface area contributed by atoms with E-state index in [1.54, 1.807) is 6.07 Å². The minimum atomic E-state index is -0.481. The van der Waals surface area contributed by atoms with Crippen molar-refractivity contribution in [2.75, 3.05) is 19.5 Å². The molecule has 0 aliphatic heterocycles. The Kier molecular flexibility index (Phi) is 3.92. The van der Waals surface area contributed by atoms with E-state index in [-0.39, 0.29) is 5.96 Å².